The Labute approximate surface area is 138 Å². The molecule has 7 nitrogen and oxygen atoms in total. The van der Waals surface area contributed by atoms with Crippen molar-refractivity contribution in [2.45, 2.75) is 6.92 Å². The number of anilines is 1. The van der Waals surface area contributed by atoms with Crippen LogP contribution in [0.5, 0.6) is 0 Å². The molecule has 2 heterocycles. The topological polar surface area (TPSA) is 78.7 Å². The van der Waals surface area contributed by atoms with Crippen LogP contribution in [0, 0.1) is 6.92 Å². The summed E-state index contributed by atoms with van der Waals surface area (Å²) in [6, 6.07) is 3.24. The van der Waals surface area contributed by atoms with Gasteiger partial charge in [-0.1, -0.05) is 0 Å². The van der Waals surface area contributed by atoms with Crippen LogP contribution in [0.15, 0.2) is 28.2 Å². The predicted octanol–water partition coefficient (Wildman–Crippen LogP) is 1.69. The molecule has 0 radical (unpaired) electrons. The number of aromatic nitrogens is 1. The first-order valence-corrected chi connectivity index (χ1v) is 8.03. The highest BCUT2D eigenvalue weighted by atomic mass is 32.1. The molecule has 2 amide bonds. The summed E-state index contributed by atoms with van der Waals surface area (Å²) < 4.78 is 5.14. The fraction of sp³-hybridized carbons (Fsp3) is 0.400. The summed E-state index contributed by atoms with van der Waals surface area (Å²) in [7, 11) is 3.82. The molecule has 0 aromatic carbocycles. The van der Waals surface area contributed by atoms with E-state index in [1.165, 1.54) is 22.5 Å². The molecule has 1 N–H and O–H groups in total. The predicted molar refractivity (Wildman–Crippen MR) is 88.6 cm³/mol. The summed E-state index contributed by atoms with van der Waals surface area (Å²) in [5, 5.41) is 5.10. The van der Waals surface area contributed by atoms with Crippen LogP contribution in [0.1, 0.15) is 16.2 Å². The summed E-state index contributed by atoms with van der Waals surface area (Å²) >= 11 is 1.36. The largest absolute Gasteiger partial charge is 0.459 e. The lowest BCUT2D eigenvalue weighted by Gasteiger charge is -2.22. The standard InChI is InChI=1S/C15H20N4O3S/c1-11-10-23-15(16-11)17-13(20)9-19(7-6-18(2)3)14(21)12-5-4-8-22-12/h4-5,8,10H,6-7,9H2,1-3H3,(H,16,17,20). The van der Waals surface area contributed by atoms with Crippen LogP contribution < -0.4 is 5.32 Å². The van der Waals surface area contributed by atoms with E-state index in [0.29, 0.717) is 18.2 Å². The van der Waals surface area contributed by atoms with Gasteiger partial charge in [0, 0.05) is 18.5 Å². The van der Waals surface area contributed by atoms with E-state index < -0.39 is 0 Å². The van der Waals surface area contributed by atoms with Crippen LogP contribution in [0.4, 0.5) is 5.13 Å². The second-order valence-corrected chi connectivity index (χ2v) is 6.21. The van der Waals surface area contributed by atoms with Crippen LogP contribution >= 0.6 is 11.3 Å². The third kappa shape index (κ3) is 5.19. The quantitative estimate of drug-likeness (QED) is 0.832. The molecule has 2 rings (SSSR count). The molecule has 2 aromatic heterocycles. The van der Waals surface area contributed by atoms with Crippen LogP contribution in [-0.4, -0.2) is 60.3 Å². The van der Waals surface area contributed by atoms with Crippen molar-refractivity contribution < 1.29 is 14.0 Å². The second-order valence-electron chi connectivity index (χ2n) is 5.35. The van der Waals surface area contributed by atoms with Gasteiger partial charge in [-0.2, -0.15) is 0 Å². The molecular weight excluding hydrogens is 316 g/mol. The fourth-order valence-electron chi connectivity index (χ4n) is 1.87. The summed E-state index contributed by atoms with van der Waals surface area (Å²) in [6.07, 6.45) is 1.44. The number of furan rings is 1. The first kappa shape index (κ1) is 17.2. The molecule has 8 heteroatoms. The minimum atomic E-state index is -0.303. The Kier molecular flexibility index (Phi) is 5.89. The number of hydrogen-bond donors (Lipinski definition) is 1. The highest BCUT2D eigenvalue weighted by Crippen LogP contribution is 2.14. The maximum atomic E-state index is 12.4. The minimum Gasteiger partial charge on any atom is -0.459 e. The fourth-order valence-corrected chi connectivity index (χ4v) is 2.58. The zero-order chi connectivity index (χ0) is 16.8. The molecular formula is C15H20N4O3S. The Morgan fingerprint density at radius 2 is 2.13 bits per heavy atom. The van der Waals surface area contributed by atoms with Crippen LogP contribution in [0.25, 0.3) is 0 Å². The van der Waals surface area contributed by atoms with E-state index in [1.54, 1.807) is 12.1 Å². The summed E-state index contributed by atoms with van der Waals surface area (Å²) in [5.74, 6) is -0.359. The van der Waals surface area contributed by atoms with Gasteiger partial charge in [0.1, 0.15) is 6.54 Å². The minimum absolute atomic E-state index is 0.0496. The molecule has 0 aliphatic heterocycles. The molecule has 0 unspecified atom stereocenters. The van der Waals surface area contributed by atoms with E-state index in [0.717, 1.165) is 5.69 Å². The molecule has 2 aromatic rings. The average Bonchev–Trinajstić information content (AvgIpc) is 3.14. The number of nitrogens with zero attached hydrogens (tertiary/aromatic N) is 3. The number of carbonyl (C=O) groups is 2. The Morgan fingerprint density at radius 3 is 2.70 bits per heavy atom. The molecule has 23 heavy (non-hydrogen) atoms. The molecule has 0 aliphatic carbocycles. The third-order valence-electron chi connectivity index (χ3n) is 3.04. The third-order valence-corrected chi connectivity index (χ3v) is 3.91. The monoisotopic (exact) mass is 336 g/mol. The Hall–Kier alpha value is -2.19. The van der Waals surface area contributed by atoms with Gasteiger partial charge in [0.2, 0.25) is 5.91 Å². The summed E-state index contributed by atoms with van der Waals surface area (Å²) in [6.45, 7) is 2.88. The van der Waals surface area contributed by atoms with Gasteiger partial charge >= 0.3 is 0 Å². The maximum Gasteiger partial charge on any atom is 0.290 e. The van der Waals surface area contributed by atoms with Crippen molar-refractivity contribution in [2.24, 2.45) is 0 Å². The summed E-state index contributed by atoms with van der Waals surface area (Å²) in [5.41, 5.74) is 0.849. The molecule has 0 aliphatic rings. The molecule has 0 bridgehead atoms. The van der Waals surface area contributed by atoms with Gasteiger partial charge in [-0.25, -0.2) is 4.98 Å². The lowest BCUT2D eigenvalue weighted by atomic mass is 10.3. The second kappa shape index (κ2) is 7.89. The van der Waals surface area contributed by atoms with Gasteiger partial charge in [0.05, 0.1) is 12.0 Å². The van der Waals surface area contributed by atoms with Gasteiger partial charge in [-0.05, 0) is 33.2 Å². The van der Waals surface area contributed by atoms with Gasteiger partial charge in [-0.3, -0.25) is 9.59 Å². The smallest absolute Gasteiger partial charge is 0.290 e. The number of carbonyl (C=O) groups excluding carboxylic acids is 2. The molecule has 0 spiro atoms. The average molecular weight is 336 g/mol. The number of hydrogen-bond acceptors (Lipinski definition) is 6. The summed E-state index contributed by atoms with van der Waals surface area (Å²) in [4.78, 5) is 32.2. The zero-order valence-electron chi connectivity index (χ0n) is 13.4. The molecule has 0 saturated carbocycles. The number of thiazole rings is 1. The first-order chi connectivity index (χ1) is 11.0. The number of amides is 2. The highest BCUT2D eigenvalue weighted by Gasteiger charge is 2.21. The molecule has 0 saturated heterocycles. The SMILES string of the molecule is Cc1csc(NC(=O)CN(CCN(C)C)C(=O)c2ccco2)n1. The van der Waals surface area contributed by atoms with E-state index in [9.17, 15) is 9.59 Å². The van der Waals surface area contributed by atoms with Crippen LogP contribution in [0.3, 0.4) is 0 Å². The van der Waals surface area contributed by atoms with Crippen molar-refractivity contribution in [3.8, 4) is 0 Å². The highest BCUT2D eigenvalue weighted by molar-refractivity contribution is 7.13. The van der Waals surface area contributed by atoms with E-state index >= 15 is 0 Å². The van der Waals surface area contributed by atoms with E-state index in [2.05, 4.69) is 10.3 Å². The van der Waals surface area contributed by atoms with Crippen LogP contribution in [0.2, 0.25) is 0 Å². The van der Waals surface area contributed by atoms with Crippen molar-refractivity contribution in [1.82, 2.24) is 14.8 Å². The Bertz CT molecular complexity index is 651. The van der Waals surface area contributed by atoms with E-state index in [1.807, 2.05) is 31.3 Å². The van der Waals surface area contributed by atoms with Crippen molar-refractivity contribution in [3.05, 3.63) is 35.2 Å². The number of aryl methyl sites for hydroxylation is 1. The lowest BCUT2D eigenvalue weighted by Crippen LogP contribution is -2.41. The number of rotatable bonds is 7. The maximum absolute atomic E-state index is 12.4. The van der Waals surface area contributed by atoms with Gasteiger partial charge in [-0.15, -0.1) is 11.3 Å². The van der Waals surface area contributed by atoms with Crippen molar-refractivity contribution in [2.75, 3.05) is 39.0 Å². The Balaban J connectivity index is 2.01. The molecule has 0 atom stereocenters. The van der Waals surface area contributed by atoms with Crippen molar-refractivity contribution in [3.63, 3.8) is 0 Å². The van der Waals surface area contributed by atoms with Crippen molar-refractivity contribution >= 4 is 28.3 Å². The van der Waals surface area contributed by atoms with Crippen molar-refractivity contribution in [1.29, 1.82) is 0 Å². The Morgan fingerprint density at radius 1 is 1.35 bits per heavy atom. The molecule has 0 fully saturated rings. The van der Waals surface area contributed by atoms with Crippen LogP contribution in [-0.2, 0) is 4.79 Å². The lowest BCUT2D eigenvalue weighted by molar-refractivity contribution is -0.116. The first-order valence-electron chi connectivity index (χ1n) is 7.15. The molecule has 124 valence electrons. The van der Waals surface area contributed by atoms with E-state index in [4.69, 9.17) is 4.42 Å². The van der Waals surface area contributed by atoms with Gasteiger partial charge in [0.15, 0.2) is 10.9 Å². The van der Waals surface area contributed by atoms with E-state index in [-0.39, 0.29) is 24.1 Å². The number of nitrogens with one attached hydrogen (secondary N) is 1. The van der Waals surface area contributed by atoms with Gasteiger partial charge in [0.25, 0.3) is 5.91 Å². The number of likely N-dealkylation sites (N-methyl/N-ethyl adjacent to an activating group) is 1. The zero-order valence-corrected chi connectivity index (χ0v) is 14.2. The van der Waals surface area contributed by atoms with Gasteiger partial charge < -0.3 is 19.5 Å². The normalized spacial score (nSPS) is 10.8.